The molecule has 0 unspecified atom stereocenters. The summed E-state index contributed by atoms with van der Waals surface area (Å²) in [5, 5.41) is 13.1. The first kappa shape index (κ1) is 24.8. The lowest BCUT2D eigenvalue weighted by atomic mass is 9.88. The number of thiazole rings is 1. The van der Waals surface area contributed by atoms with Gasteiger partial charge in [0.25, 0.3) is 0 Å². The molecular weight excluding hydrogens is 506 g/mol. The first-order valence-electron chi connectivity index (χ1n) is 10.4. The minimum absolute atomic E-state index is 0.00612. The maximum Gasteiger partial charge on any atom is 0.528 e. The molecule has 1 aliphatic rings. The van der Waals surface area contributed by atoms with Gasteiger partial charge in [-0.25, -0.2) is 23.4 Å². The average Bonchev–Trinajstić information content (AvgIpc) is 3.24. The summed E-state index contributed by atoms with van der Waals surface area (Å²) in [5.74, 6) is -3.11. The van der Waals surface area contributed by atoms with Gasteiger partial charge in [-0.15, -0.1) is 16.4 Å². The van der Waals surface area contributed by atoms with E-state index >= 15 is 0 Å². The predicted molar refractivity (Wildman–Crippen MR) is 121 cm³/mol. The van der Waals surface area contributed by atoms with Crippen molar-refractivity contribution in [2.45, 2.75) is 26.0 Å². The lowest BCUT2D eigenvalue weighted by molar-refractivity contribution is -0.153. The van der Waals surface area contributed by atoms with E-state index in [1.807, 2.05) is 6.92 Å². The van der Waals surface area contributed by atoms with E-state index in [1.165, 1.54) is 40.7 Å². The molecule has 2 aromatic carbocycles. The molecule has 0 saturated heterocycles. The van der Waals surface area contributed by atoms with Crippen LogP contribution in [0.5, 0.6) is 5.75 Å². The summed E-state index contributed by atoms with van der Waals surface area (Å²) in [6, 6.07) is 5.79. The van der Waals surface area contributed by atoms with Gasteiger partial charge in [0.05, 0.1) is 10.7 Å². The Morgan fingerprint density at radius 2 is 2.06 bits per heavy atom. The van der Waals surface area contributed by atoms with Gasteiger partial charge >= 0.3 is 12.1 Å². The number of hydrogen-bond donors (Lipinski definition) is 1. The Morgan fingerprint density at radius 1 is 1.26 bits per heavy atom. The number of aliphatic carboxylic acids is 1. The smallest absolute Gasteiger partial charge is 0.482 e. The highest BCUT2D eigenvalue weighted by Gasteiger charge is 2.36. The summed E-state index contributed by atoms with van der Waals surface area (Å²) in [6.45, 7) is 1.05. The fraction of sp³-hybridized carbons (Fsp3) is 0.261. The van der Waals surface area contributed by atoms with E-state index in [9.17, 15) is 18.4 Å². The number of carbonyl (C=O) groups excluding carboxylic acids is 1. The van der Waals surface area contributed by atoms with Crippen molar-refractivity contribution in [3.63, 3.8) is 0 Å². The molecular formula is C23H19ClF2N2O6S. The van der Waals surface area contributed by atoms with E-state index in [4.69, 9.17) is 31.0 Å². The second-order valence-electron chi connectivity index (χ2n) is 7.57. The van der Waals surface area contributed by atoms with Crippen LogP contribution in [0.15, 0.2) is 35.7 Å². The molecule has 0 bridgehead atoms. The van der Waals surface area contributed by atoms with Crippen molar-refractivity contribution in [2.24, 2.45) is 0 Å². The highest BCUT2D eigenvalue weighted by Crippen LogP contribution is 2.41. The molecule has 1 atom stereocenters. The molecule has 1 aliphatic heterocycles. The minimum Gasteiger partial charge on any atom is -0.482 e. The molecule has 0 radical (unpaired) electrons. The van der Waals surface area contributed by atoms with Crippen LogP contribution in [0, 0.1) is 18.6 Å². The van der Waals surface area contributed by atoms with Crippen molar-refractivity contribution in [3.05, 3.63) is 79.8 Å². The van der Waals surface area contributed by atoms with Gasteiger partial charge in [0.2, 0.25) is 0 Å². The van der Waals surface area contributed by atoms with Gasteiger partial charge in [0.1, 0.15) is 18.4 Å². The molecule has 1 aromatic heterocycles. The molecule has 0 amide bonds. The Bertz CT molecular complexity index is 1270. The van der Waals surface area contributed by atoms with Gasteiger partial charge in [-0.1, -0.05) is 17.7 Å². The van der Waals surface area contributed by atoms with E-state index in [2.05, 4.69) is 4.98 Å². The number of carboxylic acid groups (broad SMARTS) is 1. The number of rotatable bonds is 7. The first-order valence-corrected chi connectivity index (χ1v) is 11.6. The number of nitrogens with zero attached hydrogens (tertiary/aromatic N) is 2. The summed E-state index contributed by atoms with van der Waals surface area (Å²) >= 11 is 7.60. The number of halogens is 3. The van der Waals surface area contributed by atoms with Crippen LogP contribution >= 0.6 is 22.9 Å². The Kier molecular flexibility index (Phi) is 7.48. The molecule has 1 N–H and O–H groups in total. The summed E-state index contributed by atoms with van der Waals surface area (Å²) in [7, 11) is 0. The maximum absolute atomic E-state index is 14.6. The number of carboxylic acids is 1. The summed E-state index contributed by atoms with van der Waals surface area (Å²) in [5.41, 5.74) is 1.27. The van der Waals surface area contributed by atoms with E-state index in [0.29, 0.717) is 16.8 Å². The van der Waals surface area contributed by atoms with Crippen LogP contribution in [-0.2, 0) is 27.4 Å². The molecule has 0 aliphatic carbocycles. The lowest BCUT2D eigenvalue weighted by Crippen LogP contribution is -2.38. The SMILES string of the molecule is Cc1nc(COC(=O)ON2CCc3c(ccc(F)c3F)[C@H]2c2cc(Cl)ccc2OCC(=O)O)cs1. The molecule has 0 fully saturated rings. The first-order chi connectivity index (χ1) is 16.7. The number of benzene rings is 2. The van der Waals surface area contributed by atoms with Crippen LogP contribution in [0.25, 0.3) is 0 Å². The number of aromatic nitrogens is 1. The van der Waals surface area contributed by atoms with Crippen molar-refractivity contribution in [1.82, 2.24) is 10.0 Å². The second kappa shape index (κ2) is 10.5. The number of fused-ring (bicyclic) bond motifs is 1. The molecule has 2 heterocycles. The zero-order valence-electron chi connectivity index (χ0n) is 18.3. The monoisotopic (exact) mass is 524 g/mol. The third kappa shape index (κ3) is 5.69. The maximum atomic E-state index is 14.6. The molecule has 8 nitrogen and oxygen atoms in total. The van der Waals surface area contributed by atoms with Crippen LogP contribution in [-0.4, -0.2) is 40.4 Å². The van der Waals surface area contributed by atoms with Crippen molar-refractivity contribution < 1.29 is 37.8 Å². The number of ether oxygens (including phenoxy) is 2. The topological polar surface area (TPSA) is 98.2 Å². The van der Waals surface area contributed by atoms with Crippen LogP contribution in [0.3, 0.4) is 0 Å². The van der Waals surface area contributed by atoms with E-state index < -0.39 is 36.4 Å². The van der Waals surface area contributed by atoms with Gasteiger partial charge in [-0.2, -0.15) is 0 Å². The van der Waals surface area contributed by atoms with Gasteiger partial charge in [0.15, 0.2) is 18.2 Å². The Labute approximate surface area is 207 Å². The molecule has 0 spiro atoms. The summed E-state index contributed by atoms with van der Waals surface area (Å²) in [4.78, 5) is 33.2. The van der Waals surface area contributed by atoms with Crippen LogP contribution in [0.4, 0.5) is 13.6 Å². The highest BCUT2D eigenvalue weighted by atomic mass is 35.5. The Hall–Kier alpha value is -3.28. The van der Waals surface area contributed by atoms with Crippen molar-refractivity contribution in [3.8, 4) is 5.75 Å². The largest absolute Gasteiger partial charge is 0.528 e. The fourth-order valence-electron chi connectivity index (χ4n) is 3.78. The van der Waals surface area contributed by atoms with E-state index in [-0.39, 0.29) is 35.9 Å². The minimum atomic E-state index is -1.21. The normalized spacial score (nSPS) is 15.4. The lowest BCUT2D eigenvalue weighted by Gasteiger charge is -2.36. The van der Waals surface area contributed by atoms with Crippen LogP contribution in [0.2, 0.25) is 5.02 Å². The van der Waals surface area contributed by atoms with Gasteiger partial charge in [0, 0.05) is 22.5 Å². The van der Waals surface area contributed by atoms with Crippen molar-refractivity contribution in [2.75, 3.05) is 13.2 Å². The number of aryl methyl sites for hydroxylation is 1. The number of hydroxylamine groups is 2. The number of hydrogen-bond acceptors (Lipinski definition) is 8. The standard InChI is InChI=1S/C23H19ClF2N2O6S/c1-12-27-14(11-35-12)9-33-23(31)34-28-7-6-15-16(3-4-18(25)21(15)26)22(28)17-8-13(24)2-5-19(17)32-10-20(29)30/h2-5,8,11,22H,6-7,9-10H2,1H3,(H,29,30)/t22-/m0/s1. The Balaban J connectivity index is 1.67. The van der Waals surface area contributed by atoms with Crippen molar-refractivity contribution >= 4 is 35.1 Å². The second-order valence-corrected chi connectivity index (χ2v) is 9.07. The highest BCUT2D eigenvalue weighted by molar-refractivity contribution is 7.09. The molecule has 35 heavy (non-hydrogen) atoms. The van der Waals surface area contributed by atoms with Gasteiger partial charge < -0.3 is 19.4 Å². The molecule has 4 rings (SSSR count). The van der Waals surface area contributed by atoms with E-state index in [1.54, 1.807) is 5.38 Å². The molecule has 12 heteroatoms. The summed E-state index contributed by atoms with van der Waals surface area (Å²) in [6.07, 6.45) is -0.985. The van der Waals surface area contributed by atoms with Gasteiger partial charge in [-0.3, -0.25) is 0 Å². The predicted octanol–water partition coefficient (Wildman–Crippen LogP) is 5.06. The van der Waals surface area contributed by atoms with Gasteiger partial charge in [-0.05, 0) is 48.7 Å². The molecule has 3 aromatic rings. The molecule has 0 saturated carbocycles. The fourth-order valence-corrected chi connectivity index (χ4v) is 4.56. The summed E-state index contributed by atoms with van der Waals surface area (Å²) < 4.78 is 39.2. The molecule has 184 valence electrons. The third-order valence-electron chi connectivity index (χ3n) is 5.21. The van der Waals surface area contributed by atoms with E-state index in [0.717, 1.165) is 11.1 Å². The Morgan fingerprint density at radius 3 is 2.77 bits per heavy atom. The van der Waals surface area contributed by atoms with Crippen molar-refractivity contribution in [1.29, 1.82) is 0 Å². The third-order valence-corrected chi connectivity index (χ3v) is 6.27. The van der Waals surface area contributed by atoms with Crippen LogP contribution < -0.4 is 4.74 Å². The van der Waals surface area contributed by atoms with Crippen LogP contribution in [0.1, 0.15) is 33.4 Å². The quantitative estimate of drug-likeness (QED) is 0.428. The zero-order chi connectivity index (χ0) is 25.1. The average molecular weight is 525 g/mol. The number of carbonyl (C=O) groups is 2. The zero-order valence-corrected chi connectivity index (χ0v) is 19.9.